The van der Waals surface area contributed by atoms with Gasteiger partial charge in [-0.2, -0.15) is 0 Å². The van der Waals surface area contributed by atoms with E-state index in [2.05, 4.69) is 11.9 Å². The highest BCUT2D eigenvalue weighted by atomic mass is 16.5. The number of aryl methyl sites for hydroxylation is 1. The van der Waals surface area contributed by atoms with Crippen molar-refractivity contribution in [2.45, 2.75) is 26.3 Å². The molecule has 0 aliphatic rings. The summed E-state index contributed by atoms with van der Waals surface area (Å²) in [6, 6.07) is 4.13. The molecule has 1 atom stereocenters. The highest BCUT2D eigenvalue weighted by molar-refractivity contribution is 5.70. The molecule has 0 radical (unpaired) electrons. The predicted octanol–water partition coefficient (Wildman–Crippen LogP) is 2.52. The average Bonchev–Trinajstić information content (AvgIpc) is 3.04. The van der Waals surface area contributed by atoms with E-state index in [4.69, 9.17) is 24.5 Å². The van der Waals surface area contributed by atoms with Crippen LogP contribution in [-0.2, 0) is 4.79 Å². The molecule has 2 aromatic rings. The maximum Gasteiger partial charge on any atom is 0.290 e. The molecule has 1 aromatic heterocycles. The summed E-state index contributed by atoms with van der Waals surface area (Å²) in [6.07, 6.45) is 4.36. The van der Waals surface area contributed by atoms with Gasteiger partial charge in [-0.3, -0.25) is 4.79 Å². The standard InChI is InChI=1S/C16H22N2O3.CH2O2/c1-11-9-13(15(21-4)14(10-11)20-3)16-17-6-7-18(16)12(2)5-8-19;2-1-3/h6-7,9-10,12,19H,5,8H2,1-4H3;1H,(H,2,3). The van der Waals surface area contributed by atoms with Crippen molar-refractivity contribution < 1.29 is 24.5 Å². The Morgan fingerprint density at radius 2 is 2.00 bits per heavy atom. The molecular formula is C17H24N2O5. The van der Waals surface area contributed by atoms with Crippen molar-refractivity contribution in [2.75, 3.05) is 20.8 Å². The molecule has 1 unspecified atom stereocenters. The number of hydrogen-bond donors (Lipinski definition) is 2. The zero-order chi connectivity index (χ0) is 18.1. The molecule has 24 heavy (non-hydrogen) atoms. The Balaban J connectivity index is 0.000000891. The number of nitrogens with zero attached hydrogens (tertiary/aromatic N) is 2. The van der Waals surface area contributed by atoms with Crippen molar-refractivity contribution in [3.63, 3.8) is 0 Å². The largest absolute Gasteiger partial charge is 0.493 e. The van der Waals surface area contributed by atoms with Gasteiger partial charge in [0.25, 0.3) is 6.47 Å². The van der Waals surface area contributed by atoms with E-state index >= 15 is 0 Å². The molecule has 0 saturated heterocycles. The van der Waals surface area contributed by atoms with Crippen LogP contribution in [-0.4, -0.2) is 47.1 Å². The fourth-order valence-corrected chi connectivity index (χ4v) is 2.47. The Labute approximate surface area is 141 Å². The topological polar surface area (TPSA) is 93.8 Å². The first-order valence-corrected chi connectivity index (χ1v) is 7.48. The lowest BCUT2D eigenvalue weighted by Gasteiger charge is -2.18. The molecule has 0 amide bonds. The van der Waals surface area contributed by atoms with Crippen molar-refractivity contribution >= 4 is 6.47 Å². The molecule has 0 bridgehead atoms. The molecule has 0 fully saturated rings. The minimum atomic E-state index is -0.250. The molecule has 1 heterocycles. The van der Waals surface area contributed by atoms with Crippen molar-refractivity contribution in [2.24, 2.45) is 0 Å². The van der Waals surface area contributed by atoms with Crippen molar-refractivity contribution in [1.82, 2.24) is 9.55 Å². The number of methoxy groups -OCH3 is 2. The van der Waals surface area contributed by atoms with E-state index < -0.39 is 0 Å². The number of rotatable bonds is 6. The summed E-state index contributed by atoms with van der Waals surface area (Å²) in [6.45, 7) is 3.96. The molecule has 7 heteroatoms. The third-order valence-corrected chi connectivity index (χ3v) is 3.55. The number of carboxylic acid groups (broad SMARTS) is 1. The molecule has 2 rings (SSSR count). The number of ether oxygens (including phenoxy) is 2. The van der Waals surface area contributed by atoms with E-state index in [1.165, 1.54) is 0 Å². The maximum atomic E-state index is 9.15. The number of hydrogen-bond acceptors (Lipinski definition) is 5. The zero-order valence-electron chi connectivity index (χ0n) is 14.4. The van der Waals surface area contributed by atoms with E-state index in [-0.39, 0.29) is 19.1 Å². The van der Waals surface area contributed by atoms with Gasteiger partial charge in [-0.1, -0.05) is 0 Å². The van der Waals surface area contributed by atoms with Gasteiger partial charge < -0.3 is 24.3 Å². The van der Waals surface area contributed by atoms with Crippen LogP contribution >= 0.6 is 0 Å². The second kappa shape index (κ2) is 9.57. The number of benzene rings is 1. The van der Waals surface area contributed by atoms with E-state index in [0.29, 0.717) is 17.9 Å². The average molecular weight is 336 g/mol. The fraction of sp³-hybridized carbons (Fsp3) is 0.412. The lowest BCUT2D eigenvalue weighted by molar-refractivity contribution is -0.122. The van der Waals surface area contributed by atoms with E-state index in [0.717, 1.165) is 17.0 Å². The number of aromatic nitrogens is 2. The Morgan fingerprint density at radius 1 is 1.33 bits per heavy atom. The predicted molar refractivity (Wildman–Crippen MR) is 90.6 cm³/mol. The summed E-state index contributed by atoms with van der Waals surface area (Å²) in [5, 5.41) is 16.0. The van der Waals surface area contributed by atoms with Gasteiger partial charge in [0, 0.05) is 25.0 Å². The highest BCUT2D eigenvalue weighted by Gasteiger charge is 2.18. The van der Waals surface area contributed by atoms with Crippen molar-refractivity contribution in [3.8, 4) is 22.9 Å². The molecule has 0 aliphatic carbocycles. The Hall–Kier alpha value is -2.54. The molecule has 7 nitrogen and oxygen atoms in total. The molecule has 1 aromatic carbocycles. The third-order valence-electron chi connectivity index (χ3n) is 3.55. The van der Waals surface area contributed by atoms with Crippen LogP contribution < -0.4 is 9.47 Å². The highest BCUT2D eigenvalue weighted by Crippen LogP contribution is 2.39. The van der Waals surface area contributed by atoms with Gasteiger partial charge in [0.1, 0.15) is 5.82 Å². The van der Waals surface area contributed by atoms with Gasteiger partial charge in [0.2, 0.25) is 0 Å². The van der Waals surface area contributed by atoms with Crippen LogP contribution in [0.4, 0.5) is 0 Å². The SMILES string of the molecule is COc1cc(C)cc(-c2nccn2C(C)CCO)c1OC.O=CO. The van der Waals surface area contributed by atoms with E-state index in [1.807, 2.05) is 29.8 Å². The summed E-state index contributed by atoms with van der Waals surface area (Å²) < 4.78 is 13.0. The van der Waals surface area contributed by atoms with Gasteiger partial charge in [-0.05, 0) is 38.0 Å². The van der Waals surface area contributed by atoms with Crippen LogP contribution in [0.15, 0.2) is 24.5 Å². The Kier molecular flexibility index (Phi) is 7.77. The first-order valence-electron chi connectivity index (χ1n) is 7.48. The quantitative estimate of drug-likeness (QED) is 0.787. The summed E-state index contributed by atoms with van der Waals surface area (Å²) in [4.78, 5) is 12.8. The summed E-state index contributed by atoms with van der Waals surface area (Å²) in [7, 11) is 3.25. The van der Waals surface area contributed by atoms with Gasteiger partial charge in [0.15, 0.2) is 11.5 Å². The molecule has 0 spiro atoms. The van der Waals surface area contributed by atoms with Gasteiger partial charge in [-0.25, -0.2) is 4.98 Å². The van der Waals surface area contributed by atoms with Crippen LogP contribution in [0.2, 0.25) is 0 Å². The first-order chi connectivity index (χ1) is 11.5. The molecule has 0 saturated carbocycles. The summed E-state index contributed by atoms with van der Waals surface area (Å²) in [5.41, 5.74) is 1.97. The summed E-state index contributed by atoms with van der Waals surface area (Å²) in [5.74, 6) is 2.18. The van der Waals surface area contributed by atoms with Crippen LogP contribution in [0.5, 0.6) is 11.5 Å². The number of carbonyl (C=O) groups is 1. The number of aliphatic hydroxyl groups excluding tert-OH is 1. The lowest BCUT2D eigenvalue weighted by Crippen LogP contribution is -2.08. The number of imidazole rings is 1. The Bertz CT molecular complexity index is 654. The lowest BCUT2D eigenvalue weighted by atomic mass is 10.1. The van der Waals surface area contributed by atoms with Crippen LogP contribution in [0.3, 0.4) is 0 Å². The monoisotopic (exact) mass is 336 g/mol. The molecule has 0 aliphatic heterocycles. The second-order valence-electron chi connectivity index (χ2n) is 5.17. The van der Waals surface area contributed by atoms with E-state index in [9.17, 15) is 0 Å². The van der Waals surface area contributed by atoms with Crippen LogP contribution in [0, 0.1) is 6.92 Å². The zero-order valence-corrected chi connectivity index (χ0v) is 14.4. The fourth-order valence-electron chi connectivity index (χ4n) is 2.47. The van der Waals surface area contributed by atoms with Gasteiger partial charge in [0.05, 0.1) is 19.8 Å². The maximum absolute atomic E-state index is 9.15. The Morgan fingerprint density at radius 3 is 2.54 bits per heavy atom. The molecule has 2 N–H and O–H groups in total. The minimum Gasteiger partial charge on any atom is -0.493 e. The normalized spacial score (nSPS) is 11.2. The van der Waals surface area contributed by atoms with Crippen molar-refractivity contribution in [1.29, 1.82) is 0 Å². The van der Waals surface area contributed by atoms with E-state index in [1.54, 1.807) is 20.4 Å². The number of aliphatic hydroxyl groups is 1. The first kappa shape index (κ1) is 19.5. The molecule has 132 valence electrons. The minimum absolute atomic E-state index is 0.146. The summed E-state index contributed by atoms with van der Waals surface area (Å²) >= 11 is 0. The van der Waals surface area contributed by atoms with Gasteiger partial charge in [-0.15, -0.1) is 0 Å². The second-order valence-corrected chi connectivity index (χ2v) is 5.17. The van der Waals surface area contributed by atoms with Gasteiger partial charge >= 0.3 is 0 Å². The molecular weight excluding hydrogens is 312 g/mol. The van der Waals surface area contributed by atoms with Crippen LogP contribution in [0.1, 0.15) is 24.9 Å². The van der Waals surface area contributed by atoms with Crippen molar-refractivity contribution in [3.05, 3.63) is 30.1 Å². The smallest absolute Gasteiger partial charge is 0.290 e. The third kappa shape index (κ3) is 4.48. The van der Waals surface area contributed by atoms with Crippen LogP contribution in [0.25, 0.3) is 11.4 Å².